The van der Waals surface area contributed by atoms with Crippen LogP contribution in [0.25, 0.3) is 0 Å². The van der Waals surface area contributed by atoms with Gasteiger partial charge in [0.25, 0.3) is 0 Å². The molecule has 3 aliphatic rings. The summed E-state index contributed by atoms with van der Waals surface area (Å²) >= 11 is 5.60. The molecule has 0 N–H and O–H groups in total. The van der Waals surface area contributed by atoms with Gasteiger partial charge in [-0.05, 0) is 23.1 Å². The second-order valence-electron chi connectivity index (χ2n) is 5.78. The fraction of sp³-hybridized carbons (Fsp3) is 0.647. The average Bonchev–Trinajstić information content (AvgIpc) is 2.38. The molecule has 100 valence electrons. The number of rotatable bonds is 3. The van der Waals surface area contributed by atoms with E-state index in [1.54, 1.807) is 0 Å². The third-order valence-electron chi connectivity index (χ3n) is 4.52. The van der Waals surface area contributed by atoms with E-state index in [0.717, 1.165) is 16.9 Å². The van der Waals surface area contributed by atoms with Gasteiger partial charge in [-0.3, -0.25) is 0 Å². The quantitative estimate of drug-likeness (QED) is 0.643. The van der Waals surface area contributed by atoms with E-state index < -0.39 is 0 Å². The van der Waals surface area contributed by atoms with Crippen LogP contribution in [0.2, 0.25) is 5.02 Å². The molecule has 0 nitrogen and oxygen atoms in total. The lowest BCUT2D eigenvalue weighted by Gasteiger charge is -2.27. The van der Waals surface area contributed by atoms with Gasteiger partial charge in [0.15, 0.2) is 0 Å². The van der Waals surface area contributed by atoms with Gasteiger partial charge in [-0.15, -0.1) is 0 Å². The SMILES string of the molecule is CCCC1CCC(CC)CC1.Clc1cc2ccc1=2. The first-order valence-electron chi connectivity index (χ1n) is 7.54. The first-order valence-corrected chi connectivity index (χ1v) is 7.92. The molecular weight excluding hydrogens is 240 g/mol. The standard InChI is InChI=1S/C11H22.C6H3Cl/c1-3-5-11-8-6-10(4-2)7-9-11;7-6-3-4-1-2-5(4)6/h10-11H,3-9H2,1-2H3;1-3H. The van der Waals surface area contributed by atoms with E-state index in [9.17, 15) is 0 Å². The summed E-state index contributed by atoms with van der Waals surface area (Å²) in [6, 6.07) is 6.05. The molecule has 0 atom stereocenters. The van der Waals surface area contributed by atoms with Gasteiger partial charge in [-0.25, -0.2) is 0 Å². The minimum atomic E-state index is 0.914. The van der Waals surface area contributed by atoms with E-state index in [1.165, 1.54) is 55.4 Å². The maximum Gasteiger partial charge on any atom is 0.0490 e. The molecule has 0 heterocycles. The van der Waals surface area contributed by atoms with Crippen LogP contribution in [-0.4, -0.2) is 0 Å². The molecule has 0 aromatic carbocycles. The molecule has 1 fully saturated rings. The molecule has 0 spiro atoms. The molecule has 0 aromatic heterocycles. The highest BCUT2D eigenvalue weighted by Crippen LogP contribution is 2.32. The van der Waals surface area contributed by atoms with Gasteiger partial charge >= 0.3 is 0 Å². The summed E-state index contributed by atoms with van der Waals surface area (Å²) < 4.78 is 0. The second kappa shape index (κ2) is 6.61. The predicted octanol–water partition coefficient (Wildman–Crippen LogP) is 5.94. The van der Waals surface area contributed by atoms with Gasteiger partial charge in [0.1, 0.15) is 0 Å². The summed E-state index contributed by atoms with van der Waals surface area (Å²) in [7, 11) is 0. The van der Waals surface area contributed by atoms with Crippen molar-refractivity contribution in [2.75, 3.05) is 0 Å². The van der Waals surface area contributed by atoms with Crippen molar-refractivity contribution in [2.24, 2.45) is 11.8 Å². The zero-order valence-electron chi connectivity index (χ0n) is 11.7. The molecule has 0 unspecified atom stereocenters. The average molecular weight is 265 g/mol. The molecule has 0 amide bonds. The smallest absolute Gasteiger partial charge is 0.0490 e. The Morgan fingerprint density at radius 3 is 2.00 bits per heavy atom. The highest BCUT2D eigenvalue weighted by atomic mass is 35.5. The molecular formula is C17H25Cl. The third kappa shape index (κ3) is 3.29. The Hall–Kier alpha value is -0.490. The Morgan fingerprint density at radius 2 is 1.72 bits per heavy atom. The monoisotopic (exact) mass is 264 g/mol. The number of hydrogen-bond acceptors (Lipinski definition) is 0. The van der Waals surface area contributed by atoms with Crippen LogP contribution in [0.5, 0.6) is 0 Å². The van der Waals surface area contributed by atoms with E-state index in [0.29, 0.717) is 0 Å². The minimum absolute atomic E-state index is 0.914. The molecule has 0 aliphatic heterocycles. The van der Waals surface area contributed by atoms with Crippen molar-refractivity contribution in [3.05, 3.63) is 33.7 Å². The molecule has 0 saturated heterocycles. The maximum atomic E-state index is 5.60. The van der Waals surface area contributed by atoms with Crippen LogP contribution < -0.4 is 0 Å². The summed E-state index contributed by atoms with van der Waals surface area (Å²) in [6.45, 7) is 4.65. The van der Waals surface area contributed by atoms with Crippen molar-refractivity contribution < 1.29 is 0 Å². The van der Waals surface area contributed by atoms with Gasteiger partial charge in [-0.1, -0.05) is 82.5 Å². The van der Waals surface area contributed by atoms with Crippen LogP contribution in [0.3, 0.4) is 0 Å². The van der Waals surface area contributed by atoms with Gasteiger partial charge in [0.2, 0.25) is 0 Å². The Morgan fingerprint density at radius 1 is 1.06 bits per heavy atom. The Labute approximate surface area is 116 Å². The molecule has 18 heavy (non-hydrogen) atoms. The second-order valence-corrected chi connectivity index (χ2v) is 6.19. The molecule has 3 aliphatic carbocycles. The summed E-state index contributed by atoms with van der Waals surface area (Å²) in [5, 5.41) is 3.46. The van der Waals surface area contributed by atoms with Crippen LogP contribution in [0.15, 0.2) is 18.2 Å². The van der Waals surface area contributed by atoms with E-state index in [2.05, 4.69) is 19.9 Å². The normalized spacial score (nSPS) is 24.2. The highest BCUT2D eigenvalue weighted by Gasteiger charge is 2.18. The van der Waals surface area contributed by atoms with E-state index >= 15 is 0 Å². The first-order chi connectivity index (χ1) is 8.74. The highest BCUT2D eigenvalue weighted by molar-refractivity contribution is 6.31. The Kier molecular flexibility index (Phi) is 5.12. The molecule has 3 rings (SSSR count). The summed E-state index contributed by atoms with van der Waals surface area (Å²) in [6.07, 6.45) is 10.4. The largest absolute Gasteiger partial charge is 0.0836 e. The zero-order chi connectivity index (χ0) is 13.0. The zero-order valence-corrected chi connectivity index (χ0v) is 12.5. The van der Waals surface area contributed by atoms with Gasteiger partial charge in [0, 0.05) is 10.2 Å². The fourth-order valence-corrected chi connectivity index (χ4v) is 3.37. The van der Waals surface area contributed by atoms with Gasteiger partial charge < -0.3 is 0 Å². The summed E-state index contributed by atoms with van der Waals surface area (Å²) in [5.41, 5.74) is 0. The molecule has 1 heteroatoms. The number of benzene rings is 1. The van der Waals surface area contributed by atoms with Crippen molar-refractivity contribution in [3.63, 3.8) is 0 Å². The van der Waals surface area contributed by atoms with Crippen molar-refractivity contribution in [2.45, 2.75) is 58.8 Å². The van der Waals surface area contributed by atoms with Gasteiger partial charge in [-0.2, -0.15) is 0 Å². The topological polar surface area (TPSA) is 0 Å². The fourth-order valence-electron chi connectivity index (χ4n) is 3.08. The van der Waals surface area contributed by atoms with Crippen LogP contribution >= 0.6 is 11.6 Å². The van der Waals surface area contributed by atoms with Crippen molar-refractivity contribution in [3.8, 4) is 0 Å². The van der Waals surface area contributed by atoms with Crippen molar-refractivity contribution in [1.82, 2.24) is 0 Å². The first kappa shape index (κ1) is 13.9. The molecule has 0 bridgehead atoms. The lowest BCUT2D eigenvalue weighted by molar-refractivity contribution is 0.257. The van der Waals surface area contributed by atoms with Crippen LogP contribution in [0.1, 0.15) is 58.8 Å². The van der Waals surface area contributed by atoms with E-state index in [1.807, 2.05) is 12.1 Å². The number of hydrogen-bond donors (Lipinski definition) is 0. The molecule has 0 radical (unpaired) electrons. The van der Waals surface area contributed by atoms with E-state index in [4.69, 9.17) is 11.6 Å². The van der Waals surface area contributed by atoms with Crippen LogP contribution in [0, 0.1) is 22.3 Å². The minimum Gasteiger partial charge on any atom is -0.0836 e. The van der Waals surface area contributed by atoms with Crippen LogP contribution in [0.4, 0.5) is 0 Å². The van der Waals surface area contributed by atoms with E-state index in [-0.39, 0.29) is 0 Å². The van der Waals surface area contributed by atoms with Crippen LogP contribution in [-0.2, 0) is 0 Å². The Bertz CT molecular complexity index is 455. The Balaban J connectivity index is 0.000000146. The predicted molar refractivity (Wildman–Crippen MR) is 79.8 cm³/mol. The van der Waals surface area contributed by atoms with Gasteiger partial charge in [0.05, 0.1) is 0 Å². The summed E-state index contributed by atoms with van der Waals surface area (Å²) in [5.74, 6) is 2.16. The lowest BCUT2D eigenvalue weighted by atomic mass is 9.79. The maximum absolute atomic E-state index is 5.60. The third-order valence-corrected chi connectivity index (χ3v) is 4.83. The summed E-state index contributed by atoms with van der Waals surface area (Å²) in [4.78, 5) is 0. The lowest BCUT2D eigenvalue weighted by Crippen LogP contribution is -2.13. The number of halogens is 1. The van der Waals surface area contributed by atoms with Crippen molar-refractivity contribution in [1.29, 1.82) is 0 Å². The van der Waals surface area contributed by atoms with Crippen molar-refractivity contribution >= 4 is 11.6 Å². The molecule has 1 saturated carbocycles. The molecule has 0 aromatic rings.